The number of anilines is 1. The Balaban J connectivity index is 1.93. The first-order chi connectivity index (χ1) is 17.3. The summed E-state index contributed by atoms with van der Waals surface area (Å²) in [5.74, 6) is -0.728. The Hall–Kier alpha value is -2.40. The standard InChI is InChI=1S/C26H35FN4O3S2/c1-5-16-30(17-6-2)36(33,34)21-14-12-20(13-15-21)25(32)31(19-18-29(7-3)8-4)26-28-24-22(27)10-9-11-23(24)35-26/h9-15H,5-8,16-19H2,1-4H3. The maximum atomic E-state index is 14.3. The molecular weight excluding hydrogens is 499 g/mol. The van der Waals surface area contributed by atoms with E-state index in [-0.39, 0.29) is 16.3 Å². The Kier molecular flexibility index (Phi) is 9.95. The SMILES string of the molecule is CCCN(CCC)S(=O)(=O)c1ccc(C(=O)N(CCN(CC)CC)c2nc3c(F)cccc3s2)cc1. The summed E-state index contributed by atoms with van der Waals surface area (Å²) in [7, 11) is -3.64. The highest BCUT2D eigenvalue weighted by atomic mass is 32.2. The number of thiazole rings is 1. The summed E-state index contributed by atoms with van der Waals surface area (Å²) in [5.41, 5.74) is 0.595. The van der Waals surface area contributed by atoms with E-state index in [1.54, 1.807) is 29.2 Å². The van der Waals surface area contributed by atoms with Crippen LogP contribution in [-0.4, -0.2) is 67.8 Å². The van der Waals surface area contributed by atoms with Crippen molar-refractivity contribution in [1.29, 1.82) is 0 Å². The lowest BCUT2D eigenvalue weighted by atomic mass is 10.2. The number of fused-ring (bicyclic) bond motifs is 1. The molecule has 1 aromatic heterocycles. The molecule has 0 aliphatic carbocycles. The van der Waals surface area contributed by atoms with Gasteiger partial charge in [-0.1, -0.05) is 45.1 Å². The number of nitrogens with zero attached hydrogens (tertiary/aromatic N) is 4. The van der Waals surface area contributed by atoms with Gasteiger partial charge in [0.25, 0.3) is 5.91 Å². The molecule has 7 nitrogen and oxygen atoms in total. The molecule has 3 aromatic rings. The molecule has 0 aliphatic heterocycles. The third kappa shape index (κ3) is 6.29. The third-order valence-electron chi connectivity index (χ3n) is 6.05. The molecule has 2 aromatic carbocycles. The van der Waals surface area contributed by atoms with Gasteiger partial charge in [-0.05, 0) is 62.3 Å². The van der Waals surface area contributed by atoms with Gasteiger partial charge in [-0.15, -0.1) is 0 Å². The van der Waals surface area contributed by atoms with E-state index in [1.165, 1.54) is 33.8 Å². The molecular formula is C26H35FN4O3S2. The lowest BCUT2D eigenvalue weighted by Crippen LogP contribution is -2.39. The highest BCUT2D eigenvalue weighted by Gasteiger charge is 2.26. The minimum absolute atomic E-state index is 0.165. The van der Waals surface area contributed by atoms with Crippen molar-refractivity contribution in [3.8, 4) is 0 Å². The van der Waals surface area contributed by atoms with Crippen molar-refractivity contribution in [3.05, 3.63) is 53.8 Å². The van der Waals surface area contributed by atoms with Crippen LogP contribution < -0.4 is 4.90 Å². The quantitative estimate of drug-likeness (QED) is 0.300. The zero-order valence-electron chi connectivity index (χ0n) is 21.4. The number of hydrogen-bond donors (Lipinski definition) is 0. The Labute approximate surface area is 217 Å². The van der Waals surface area contributed by atoms with Crippen LogP contribution in [0.5, 0.6) is 0 Å². The van der Waals surface area contributed by atoms with E-state index in [2.05, 4.69) is 23.7 Å². The summed E-state index contributed by atoms with van der Waals surface area (Å²) in [6, 6.07) is 10.8. The second-order valence-corrected chi connectivity index (χ2v) is 11.4. The summed E-state index contributed by atoms with van der Waals surface area (Å²) < 4.78 is 42.7. The molecule has 0 saturated carbocycles. The molecule has 0 bridgehead atoms. The van der Waals surface area contributed by atoms with Gasteiger partial charge < -0.3 is 4.90 Å². The van der Waals surface area contributed by atoms with Crippen LogP contribution in [0.3, 0.4) is 0 Å². The van der Waals surface area contributed by atoms with Crippen LogP contribution in [-0.2, 0) is 10.0 Å². The van der Waals surface area contributed by atoms with Crippen molar-refractivity contribution in [2.24, 2.45) is 0 Å². The number of sulfonamides is 1. The van der Waals surface area contributed by atoms with Crippen molar-refractivity contribution in [2.75, 3.05) is 44.2 Å². The van der Waals surface area contributed by atoms with Crippen LogP contribution in [0, 0.1) is 5.82 Å². The summed E-state index contributed by atoms with van der Waals surface area (Å²) in [5, 5.41) is 0.418. The molecule has 3 rings (SSSR count). The average molecular weight is 535 g/mol. The largest absolute Gasteiger partial charge is 0.302 e. The highest BCUT2D eigenvalue weighted by Crippen LogP contribution is 2.31. The summed E-state index contributed by atoms with van der Waals surface area (Å²) >= 11 is 1.26. The van der Waals surface area contributed by atoms with E-state index in [9.17, 15) is 17.6 Å². The number of benzene rings is 2. The zero-order chi connectivity index (χ0) is 26.3. The molecule has 0 unspecified atom stereocenters. The van der Waals surface area contributed by atoms with Gasteiger partial charge >= 0.3 is 0 Å². The van der Waals surface area contributed by atoms with Crippen LogP contribution in [0.4, 0.5) is 9.52 Å². The first kappa shape index (κ1) is 28.2. The van der Waals surface area contributed by atoms with Gasteiger partial charge in [0, 0.05) is 31.7 Å². The predicted molar refractivity (Wildman–Crippen MR) is 145 cm³/mol. The number of para-hydroxylation sites is 1. The van der Waals surface area contributed by atoms with Crippen LogP contribution >= 0.6 is 11.3 Å². The van der Waals surface area contributed by atoms with Gasteiger partial charge in [-0.3, -0.25) is 9.69 Å². The summed E-state index contributed by atoms with van der Waals surface area (Å²) in [6.07, 6.45) is 1.44. The van der Waals surface area contributed by atoms with Gasteiger partial charge in [0.15, 0.2) is 5.13 Å². The third-order valence-corrected chi connectivity index (χ3v) is 9.01. The minimum atomic E-state index is -3.64. The Morgan fingerprint density at radius 1 is 0.917 bits per heavy atom. The molecule has 196 valence electrons. The molecule has 0 aliphatic rings. The monoisotopic (exact) mass is 534 g/mol. The van der Waals surface area contributed by atoms with Crippen molar-refractivity contribution in [3.63, 3.8) is 0 Å². The lowest BCUT2D eigenvalue weighted by Gasteiger charge is -2.25. The molecule has 0 spiro atoms. The van der Waals surface area contributed by atoms with Crippen molar-refractivity contribution >= 4 is 42.6 Å². The number of amides is 1. The number of likely N-dealkylation sites (N-methyl/N-ethyl adjacent to an activating group) is 1. The van der Waals surface area contributed by atoms with Gasteiger partial charge in [-0.25, -0.2) is 17.8 Å². The highest BCUT2D eigenvalue weighted by molar-refractivity contribution is 7.89. The molecule has 10 heteroatoms. The number of halogens is 1. The molecule has 36 heavy (non-hydrogen) atoms. The predicted octanol–water partition coefficient (Wildman–Crippen LogP) is 5.23. The normalized spacial score (nSPS) is 12.1. The van der Waals surface area contributed by atoms with Gasteiger partial charge in [0.05, 0.1) is 9.60 Å². The van der Waals surface area contributed by atoms with E-state index >= 15 is 0 Å². The van der Waals surface area contributed by atoms with Crippen LogP contribution in [0.2, 0.25) is 0 Å². The summed E-state index contributed by atoms with van der Waals surface area (Å²) in [6.45, 7) is 11.6. The summed E-state index contributed by atoms with van der Waals surface area (Å²) in [4.78, 5) is 22.0. The van der Waals surface area contributed by atoms with Gasteiger partial charge in [-0.2, -0.15) is 4.31 Å². The maximum absolute atomic E-state index is 14.3. The second-order valence-electron chi connectivity index (χ2n) is 8.50. The van der Waals surface area contributed by atoms with Crippen molar-refractivity contribution < 1.29 is 17.6 Å². The molecule has 0 saturated heterocycles. The molecule has 1 amide bonds. The Bertz CT molecular complexity index is 1250. The van der Waals surface area contributed by atoms with Crippen molar-refractivity contribution in [1.82, 2.24) is 14.2 Å². The smallest absolute Gasteiger partial charge is 0.260 e. The second kappa shape index (κ2) is 12.7. The Morgan fingerprint density at radius 2 is 1.56 bits per heavy atom. The fourth-order valence-corrected chi connectivity index (χ4v) is 6.64. The number of rotatable bonds is 13. The lowest BCUT2D eigenvalue weighted by molar-refractivity contribution is 0.0983. The molecule has 0 atom stereocenters. The number of carbonyl (C=O) groups is 1. The van der Waals surface area contributed by atoms with E-state index in [1.807, 2.05) is 13.8 Å². The first-order valence-corrected chi connectivity index (χ1v) is 14.7. The fourth-order valence-electron chi connectivity index (χ4n) is 4.01. The maximum Gasteiger partial charge on any atom is 0.260 e. The molecule has 1 heterocycles. The topological polar surface area (TPSA) is 73.8 Å². The minimum Gasteiger partial charge on any atom is -0.302 e. The van der Waals surface area contributed by atoms with E-state index in [0.29, 0.717) is 41.6 Å². The van der Waals surface area contributed by atoms with E-state index in [4.69, 9.17) is 0 Å². The van der Waals surface area contributed by atoms with E-state index in [0.717, 1.165) is 25.9 Å². The van der Waals surface area contributed by atoms with Crippen LogP contribution in [0.1, 0.15) is 50.9 Å². The van der Waals surface area contributed by atoms with Crippen LogP contribution in [0.15, 0.2) is 47.4 Å². The fraction of sp³-hybridized carbons (Fsp3) is 0.462. The van der Waals surface area contributed by atoms with E-state index < -0.39 is 15.8 Å². The Morgan fingerprint density at radius 3 is 2.11 bits per heavy atom. The van der Waals surface area contributed by atoms with Gasteiger partial charge in [0.1, 0.15) is 11.3 Å². The molecule has 0 fully saturated rings. The molecule has 0 radical (unpaired) electrons. The van der Waals surface area contributed by atoms with Crippen LogP contribution in [0.25, 0.3) is 10.2 Å². The number of carbonyl (C=O) groups excluding carboxylic acids is 1. The molecule has 0 N–H and O–H groups in total. The average Bonchev–Trinajstić information content (AvgIpc) is 3.31. The number of aromatic nitrogens is 1. The van der Waals surface area contributed by atoms with Gasteiger partial charge in [0.2, 0.25) is 10.0 Å². The first-order valence-electron chi connectivity index (χ1n) is 12.5. The number of hydrogen-bond acceptors (Lipinski definition) is 6. The zero-order valence-corrected chi connectivity index (χ0v) is 23.0. The van der Waals surface area contributed by atoms with Crippen molar-refractivity contribution in [2.45, 2.75) is 45.4 Å².